The molecule has 1 fully saturated rings. The third kappa shape index (κ3) is 3.39. The van der Waals surface area contributed by atoms with E-state index in [0.717, 1.165) is 50.8 Å². The molecule has 2 aromatic carbocycles. The van der Waals surface area contributed by atoms with Crippen molar-refractivity contribution < 1.29 is 0 Å². The summed E-state index contributed by atoms with van der Waals surface area (Å²) in [5.41, 5.74) is 3.72. The number of benzene rings is 2. The monoisotopic (exact) mass is 462 g/mol. The summed E-state index contributed by atoms with van der Waals surface area (Å²) in [6.07, 6.45) is 7.49. The highest BCUT2D eigenvalue weighted by atomic mass is 79.9. The van der Waals surface area contributed by atoms with Gasteiger partial charge in [0.15, 0.2) is 0 Å². The Morgan fingerprint density at radius 1 is 1.13 bits per heavy atom. The van der Waals surface area contributed by atoms with Crippen molar-refractivity contribution in [3.63, 3.8) is 0 Å². The molecule has 5 nitrogen and oxygen atoms in total. The number of rotatable bonds is 3. The molecule has 1 aliphatic rings. The summed E-state index contributed by atoms with van der Waals surface area (Å²) in [5, 5.41) is 6.38. The van der Waals surface area contributed by atoms with Crippen LogP contribution in [0.1, 0.15) is 55.1 Å². The Kier molecular flexibility index (Phi) is 5.03. The van der Waals surface area contributed by atoms with E-state index in [2.05, 4.69) is 33.0 Å². The minimum Gasteiger partial charge on any atom is -0.358 e. The van der Waals surface area contributed by atoms with Gasteiger partial charge in [-0.25, -0.2) is 4.98 Å². The number of nitrogens with one attached hydrogen (secondary N) is 1. The van der Waals surface area contributed by atoms with Crippen LogP contribution in [0.2, 0.25) is 0 Å². The van der Waals surface area contributed by atoms with E-state index >= 15 is 0 Å². The fourth-order valence-electron chi connectivity index (χ4n) is 4.48. The zero-order valence-corrected chi connectivity index (χ0v) is 18.4. The highest BCUT2D eigenvalue weighted by Crippen LogP contribution is 2.32. The molecule has 1 aliphatic carbocycles. The number of aromatic nitrogens is 3. The van der Waals surface area contributed by atoms with Crippen molar-refractivity contribution in [3.05, 3.63) is 74.4 Å². The van der Waals surface area contributed by atoms with E-state index in [0.29, 0.717) is 5.39 Å². The molecule has 0 unspecified atom stereocenters. The SMILES string of the molecule is Cc1[nH]c2ccccc2c1C=Nn1c(C2CCCCC2)nc2ccc(Br)cc2c1=O. The minimum atomic E-state index is -0.115. The molecule has 0 bridgehead atoms. The fourth-order valence-corrected chi connectivity index (χ4v) is 4.84. The molecule has 1 saturated carbocycles. The Morgan fingerprint density at radius 3 is 2.77 bits per heavy atom. The molecular formula is C24H23BrN4O. The van der Waals surface area contributed by atoms with Gasteiger partial charge in [0.05, 0.1) is 17.1 Å². The van der Waals surface area contributed by atoms with Gasteiger partial charge in [-0.3, -0.25) is 4.79 Å². The first-order chi connectivity index (χ1) is 14.6. The quantitative estimate of drug-likeness (QED) is 0.386. The van der Waals surface area contributed by atoms with Gasteiger partial charge in [-0.15, -0.1) is 0 Å². The maximum atomic E-state index is 13.4. The molecule has 4 aromatic rings. The summed E-state index contributed by atoms with van der Waals surface area (Å²) < 4.78 is 2.40. The third-order valence-electron chi connectivity index (χ3n) is 6.05. The normalized spacial score (nSPS) is 15.5. The zero-order chi connectivity index (χ0) is 20.7. The number of H-pyrrole nitrogens is 1. The highest BCUT2D eigenvalue weighted by Gasteiger charge is 2.22. The fraction of sp³-hybridized carbons (Fsp3) is 0.292. The molecule has 0 radical (unpaired) electrons. The van der Waals surface area contributed by atoms with Gasteiger partial charge in [0.2, 0.25) is 0 Å². The van der Waals surface area contributed by atoms with E-state index in [-0.39, 0.29) is 11.5 Å². The molecule has 6 heteroatoms. The maximum Gasteiger partial charge on any atom is 0.282 e. The van der Waals surface area contributed by atoms with Crippen LogP contribution in [0.3, 0.4) is 0 Å². The lowest BCUT2D eigenvalue weighted by Crippen LogP contribution is -2.25. The van der Waals surface area contributed by atoms with Crippen LogP contribution in [0, 0.1) is 6.92 Å². The molecule has 2 heterocycles. The zero-order valence-electron chi connectivity index (χ0n) is 16.9. The van der Waals surface area contributed by atoms with Crippen LogP contribution in [0.4, 0.5) is 0 Å². The summed E-state index contributed by atoms with van der Waals surface area (Å²) in [6.45, 7) is 2.03. The largest absolute Gasteiger partial charge is 0.358 e. The molecule has 0 saturated heterocycles. The highest BCUT2D eigenvalue weighted by molar-refractivity contribution is 9.10. The molecule has 5 rings (SSSR count). The lowest BCUT2D eigenvalue weighted by atomic mass is 9.88. The van der Waals surface area contributed by atoms with Gasteiger partial charge < -0.3 is 4.98 Å². The molecule has 0 aliphatic heterocycles. The van der Waals surface area contributed by atoms with Crippen molar-refractivity contribution in [2.45, 2.75) is 44.9 Å². The van der Waals surface area contributed by atoms with Gasteiger partial charge in [-0.05, 0) is 44.0 Å². The van der Waals surface area contributed by atoms with E-state index in [1.54, 1.807) is 6.21 Å². The predicted octanol–water partition coefficient (Wildman–Crippen LogP) is 5.88. The second kappa shape index (κ2) is 7.84. The number of aryl methyl sites for hydroxylation is 1. The van der Waals surface area contributed by atoms with E-state index in [1.807, 2.05) is 37.3 Å². The molecule has 30 heavy (non-hydrogen) atoms. The molecule has 0 amide bonds. The van der Waals surface area contributed by atoms with Crippen molar-refractivity contribution >= 4 is 44.0 Å². The van der Waals surface area contributed by atoms with Crippen molar-refractivity contribution in [1.82, 2.24) is 14.6 Å². The van der Waals surface area contributed by atoms with Crippen LogP contribution in [0.15, 0.2) is 56.8 Å². The number of nitrogens with zero attached hydrogens (tertiary/aromatic N) is 3. The second-order valence-electron chi connectivity index (χ2n) is 8.04. The first kappa shape index (κ1) is 19.2. The summed E-state index contributed by atoms with van der Waals surface area (Å²) in [7, 11) is 0. The molecular weight excluding hydrogens is 440 g/mol. The molecule has 152 valence electrons. The summed E-state index contributed by atoms with van der Waals surface area (Å²) in [4.78, 5) is 21.7. The summed E-state index contributed by atoms with van der Waals surface area (Å²) in [5.74, 6) is 1.05. The second-order valence-corrected chi connectivity index (χ2v) is 8.95. The predicted molar refractivity (Wildman–Crippen MR) is 126 cm³/mol. The first-order valence-corrected chi connectivity index (χ1v) is 11.2. The Hall–Kier alpha value is -2.73. The van der Waals surface area contributed by atoms with Gasteiger partial charge in [-0.1, -0.05) is 53.4 Å². The Morgan fingerprint density at radius 2 is 1.93 bits per heavy atom. The number of aromatic amines is 1. The summed E-state index contributed by atoms with van der Waals surface area (Å²) >= 11 is 3.47. The molecule has 1 N–H and O–H groups in total. The van der Waals surface area contributed by atoms with Crippen LogP contribution >= 0.6 is 15.9 Å². The van der Waals surface area contributed by atoms with Crippen LogP contribution in [-0.2, 0) is 0 Å². The number of halogens is 1. The van der Waals surface area contributed by atoms with Crippen LogP contribution in [0.25, 0.3) is 21.8 Å². The van der Waals surface area contributed by atoms with Crippen molar-refractivity contribution in [2.75, 3.05) is 0 Å². The number of para-hydroxylation sites is 1. The van der Waals surface area contributed by atoms with Crippen LogP contribution in [-0.4, -0.2) is 20.9 Å². The van der Waals surface area contributed by atoms with Gasteiger partial charge in [-0.2, -0.15) is 9.78 Å². The Balaban J connectivity index is 1.69. The van der Waals surface area contributed by atoms with Gasteiger partial charge in [0.1, 0.15) is 5.82 Å². The lowest BCUT2D eigenvalue weighted by molar-refractivity contribution is 0.416. The first-order valence-electron chi connectivity index (χ1n) is 10.5. The average molecular weight is 463 g/mol. The van der Waals surface area contributed by atoms with Gasteiger partial charge in [0, 0.05) is 32.6 Å². The molecule has 0 atom stereocenters. The van der Waals surface area contributed by atoms with Crippen molar-refractivity contribution in [3.8, 4) is 0 Å². The minimum absolute atomic E-state index is 0.115. The average Bonchev–Trinajstić information content (AvgIpc) is 3.09. The van der Waals surface area contributed by atoms with Gasteiger partial charge in [0.25, 0.3) is 5.56 Å². The van der Waals surface area contributed by atoms with Gasteiger partial charge >= 0.3 is 0 Å². The standard InChI is InChI=1S/C24H23BrN4O/c1-15-20(18-9-5-6-10-21(18)27-15)14-26-29-23(16-7-3-2-4-8-16)28-22-12-11-17(25)13-19(22)24(29)30/h5-6,9-14,16,27H,2-4,7-8H2,1H3. The number of hydrogen-bond acceptors (Lipinski definition) is 3. The molecule has 0 spiro atoms. The third-order valence-corrected chi connectivity index (χ3v) is 6.54. The number of hydrogen-bond donors (Lipinski definition) is 1. The van der Waals surface area contributed by atoms with Crippen molar-refractivity contribution in [1.29, 1.82) is 0 Å². The smallest absolute Gasteiger partial charge is 0.282 e. The van der Waals surface area contributed by atoms with Crippen LogP contribution in [0.5, 0.6) is 0 Å². The van der Waals surface area contributed by atoms with Crippen LogP contribution < -0.4 is 5.56 Å². The maximum absolute atomic E-state index is 13.4. The lowest BCUT2D eigenvalue weighted by Gasteiger charge is -2.22. The van der Waals surface area contributed by atoms with E-state index in [1.165, 1.54) is 23.9 Å². The van der Waals surface area contributed by atoms with Crippen molar-refractivity contribution in [2.24, 2.45) is 5.10 Å². The Labute approximate surface area is 183 Å². The summed E-state index contributed by atoms with van der Waals surface area (Å²) in [6, 6.07) is 13.8. The molecule has 2 aromatic heterocycles. The van der Waals surface area contributed by atoms with E-state index in [4.69, 9.17) is 10.1 Å². The Bertz CT molecular complexity index is 1330. The topological polar surface area (TPSA) is 63.0 Å². The van der Waals surface area contributed by atoms with E-state index in [9.17, 15) is 4.79 Å². The number of fused-ring (bicyclic) bond motifs is 2. The van der Waals surface area contributed by atoms with E-state index < -0.39 is 0 Å².